The Morgan fingerprint density at radius 2 is 2.10 bits per heavy atom. The van der Waals surface area contributed by atoms with E-state index >= 15 is 0 Å². The predicted octanol–water partition coefficient (Wildman–Crippen LogP) is 0.0619. The number of nitrogens with zero attached hydrogens (tertiary/aromatic N) is 1. The lowest BCUT2D eigenvalue weighted by atomic mass is 10.1. The number of carboxylic acids is 1. The zero-order chi connectivity index (χ0) is 16.0. The van der Waals surface area contributed by atoms with E-state index in [1.807, 2.05) is 0 Å². The van der Waals surface area contributed by atoms with Crippen LogP contribution in [0.2, 0.25) is 0 Å². The lowest BCUT2D eigenvalue weighted by Gasteiger charge is -2.16. The molecule has 0 aromatic carbocycles. The topological polar surface area (TPSA) is 148 Å². The van der Waals surface area contributed by atoms with Gasteiger partial charge in [-0.05, 0) is 20.3 Å². The van der Waals surface area contributed by atoms with Crippen molar-refractivity contribution in [3.05, 3.63) is 17.8 Å². The van der Waals surface area contributed by atoms with Crippen molar-refractivity contribution < 1.29 is 23.9 Å². The summed E-state index contributed by atoms with van der Waals surface area (Å²) in [5.41, 5.74) is 4.95. The maximum atomic E-state index is 11.7. The number of aryl methyl sites for hydroxylation is 1. The molecule has 2 atom stereocenters. The summed E-state index contributed by atoms with van der Waals surface area (Å²) >= 11 is 0. The van der Waals surface area contributed by atoms with Gasteiger partial charge in [-0.3, -0.25) is 4.79 Å². The molecular formula is C12H18N4O5. The molecule has 0 aliphatic carbocycles. The van der Waals surface area contributed by atoms with Gasteiger partial charge in [-0.2, -0.15) is 0 Å². The molecule has 9 nitrogen and oxygen atoms in total. The van der Waals surface area contributed by atoms with Crippen LogP contribution in [0.5, 0.6) is 0 Å². The van der Waals surface area contributed by atoms with E-state index in [1.165, 1.54) is 6.20 Å². The van der Waals surface area contributed by atoms with Crippen LogP contribution in [-0.2, 0) is 9.59 Å². The zero-order valence-electron chi connectivity index (χ0n) is 11.8. The molecule has 1 heterocycles. The third-order valence-electron chi connectivity index (χ3n) is 2.64. The minimum atomic E-state index is -1.24. The fourth-order valence-electron chi connectivity index (χ4n) is 1.57. The highest BCUT2D eigenvalue weighted by atomic mass is 16.4. The van der Waals surface area contributed by atoms with Gasteiger partial charge in [0.1, 0.15) is 17.8 Å². The van der Waals surface area contributed by atoms with Crippen molar-refractivity contribution >= 4 is 17.9 Å². The summed E-state index contributed by atoms with van der Waals surface area (Å²) in [4.78, 5) is 37.3. The van der Waals surface area contributed by atoms with Crippen LogP contribution in [0.3, 0.4) is 0 Å². The quantitative estimate of drug-likeness (QED) is 0.559. The summed E-state index contributed by atoms with van der Waals surface area (Å²) < 4.78 is 5.25. The van der Waals surface area contributed by atoms with Crippen molar-refractivity contribution in [3.8, 4) is 0 Å². The number of urea groups is 1. The van der Waals surface area contributed by atoms with Gasteiger partial charge in [0, 0.05) is 6.42 Å². The van der Waals surface area contributed by atoms with E-state index in [2.05, 4.69) is 15.6 Å². The Balaban J connectivity index is 2.53. The molecule has 1 aromatic heterocycles. The number of aliphatic carboxylic acids is 1. The molecule has 9 heteroatoms. The van der Waals surface area contributed by atoms with Gasteiger partial charge < -0.3 is 25.9 Å². The second-order valence-electron chi connectivity index (χ2n) is 4.54. The molecule has 0 spiro atoms. The molecule has 21 heavy (non-hydrogen) atoms. The first-order valence-corrected chi connectivity index (χ1v) is 6.30. The highest BCUT2D eigenvalue weighted by Crippen LogP contribution is 2.11. The molecule has 3 amide bonds. The molecule has 0 saturated heterocycles. The van der Waals surface area contributed by atoms with Gasteiger partial charge in [0.15, 0.2) is 0 Å². The summed E-state index contributed by atoms with van der Waals surface area (Å²) in [6.45, 7) is 3.36. The molecule has 0 radical (unpaired) electrons. The van der Waals surface area contributed by atoms with Crippen LogP contribution in [0.15, 0.2) is 10.6 Å². The molecule has 0 fully saturated rings. The molecular weight excluding hydrogens is 280 g/mol. The lowest BCUT2D eigenvalue weighted by molar-refractivity contribution is -0.139. The van der Waals surface area contributed by atoms with E-state index in [1.54, 1.807) is 13.8 Å². The van der Waals surface area contributed by atoms with Crippen molar-refractivity contribution in [2.75, 3.05) is 0 Å². The van der Waals surface area contributed by atoms with Gasteiger partial charge >= 0.3 is 12.0 Å². The Hall–Kier alpha value is -2.58. The molecule has 1 unspecified atom stereocenters. The van der Waals surface area contributed by atoms with Crippen LogP contribution in [-0.4, -0.2) is 34.0 Å². The molecule has 5 N–H and O–H groups in total. The number of hydrogen-bond acceptors (Lipinski definition) is 5. The number of aromatic nitrogens is 1. The van der Waals surface area contributed by atoms with E-state index < -0.39 is 30.0 Å². The standard InChI is InChI=1S/C12H18N4O5/c1-6-5-14-10(21-6)7(2)15-12(20)16-8(11(18)19)3-4-9(13)17/h5,7-8H,3-4H2,1-2H3,(H2,13,17)(H,18,19)(H2,15,16,20)/t7?,8-/m1/s1. The van der Waals surface area contributed by atoms with Gasteiger partial charge in [-0.1, -0.05) is 0 Å². The molecule has 1 aromatic rings. The second kappa shape index (κ2) is 7.27. The molecule has 0 bridgehead atoms. The van der Waals surface area contributed by atoms with Crippen molar-refractivity contribution in [1.82, 2.24) is 15.6 Å². The third-order valence-corrected chi connectivity index (χ3v) is 2.64. The Morgan fingerprint density at radius 1 is 1.43 bits per heavy atom. The maximum Gasteiger partial charge on any atom is 0.326 e. The summed E-state index contributed by atoms with van der Waals surface area (Å²) in [5, 5.41) is 13.7. The number of carbonyl (C=O) groups excluding carboxylic acids is 2. The number of nitrogens with one attached hydrogen (secondary N) is 2. The number of carboxylic acid groups (broad SMARTS) is 1. The number of carbonyl (C=O) groups is 3. The predicted molar refractivity (Wildman–Crippen MR) is 71.2 cm³/mol. The smallest absolute Gasteiger partial charge is 0.326 e. The van der Waals surface area contributed by atoms with E-state index in [0.717, 1.165) is 0 Å². The average molecular weight is 298 g/mol. The van der Waals surface area contributed by atoms with Crippen LogP contribution in [0.4, 0.5) is 4.79 Å². The van der Waals surface area contributed by atoms with E-state index in [-0.39, 0.29) is 12.8 Å². The molecule has 0 aliphatic heterocycles. The first-order valence-electron chi connectivity index (χ1n) is 6.30. The van der Waals surface area contributed by atoms with Crippen molar-refractivity contribution in [2.24, 2.45) is 5.73 Å². The van der Waals surface area contributed by atoms with Crippen LogP contribution in [0, 0.1) is 6.92 Å². The number of amides is 3. The van der Waals surface area contributed by atoms with Crippen molar-refractivity contribution in [2.45, 2.75) is 38.8 Å². The van der Waals surface area contributed by atoms with Gasteiger partial charge in [0.05, 0.1) is 6.20 Å². The van der Waals surface area contributed by atoms with Crippen LogP contribution >= 0.6 is 0 Å². The van der Waals surface area contributed by atoms with Crippen molar-refractivity contribution in [3.63, 3.8) is 0 Å². The summed E-state index contributed by atoms with van der Waals surface area (Å²) in [5.74, 6) is -0.964. The average Bonchev–Trinajstić information content (AvgIpc) is 2.80. The second-order valence-corrected chi connectivity index (χ2v) is 4.54. The zero-order valence-corrected chi connectivity index (χ0v) is 11.8. The minimum absolute atomic E-state index is 0.0788. The molecule has 0 saturated carbocycles. The van der Waals surface area contributed by atoms with Gasteiger partial charge in [-0.25, -0.2) is 14.6 Å². The normalized spacial score (nSPS) is 13.2. The Kier molecular flexibility index (Phi) is 5.70. The number of nitrogens with two attached hydrogens (primary N) is 1. The Labute approximate surface area is 120 Å². The highest BCUT2D eigenvalue weighted by molar-refractivity contribution is 5.83. The maximum absolute atomic E-state index is 11.7. The monoisotopic (exact) mass is 298 g/mol. The van der Waals surface area contributed by atoms with E-state index in [9.17, 15) is 14.4 Å². The molecule has 116 valence electrons. The Bertz CT molecular complexity index is 527. The van der Waals surface area contributed by atoms with E-state index in [0.29, 0.717) is 11.7 Å². The number of rotatable bonds is 7. The first-order chi connectivity index (χ1) is 9.79. The first kappa shape index (κ1) is 16.5. The third kappa shape index (κ3) is 5.51. The number of oxazole rings is 1. The van der Waals surface area contributed by atoms with Crippen LogP contribution in [0.25, 0.3) is 0 Å². The fourth-order valence-corrected chi connectivity index (χ4v) is 1.57. The lowest BCUT2D eigenvalue weighted by Crippen LogP contribution is -2.47. The van der Waals surface area contributed by atoms with E-state index in [4.69, 9.17) is 15.3 Å². The summed E-state index contributed by atoms with van der Waals surface area (Å²) in [6.07, 6.45) is 1.30. The van der Waals surface area contributed by atoms with Crippen molar-refractivity contribution in [1.29, 1.82) is 0 Å². The largest absolute Gasteiger partial charge is 0.480 e. The minimum Gasteiger partial charge on any atom is -0.480 e. The van der Waals surface area contributed by atoms with Gasteiger partial charge in [0.25, 0.3) is 0 Å². The Morgan fingerprint density at radius 3 is 2.57 bits per heavy atom. The summed E-state index contributed by atoms with van der Waals surface area (Å²) in [6, 6.07) is -2.42. The number of primary amides is 1. The SMILES string of the molecule is Cc1cnc(C(C)NC(=O)N[C@H](CCC(N)=O)C(=O)O)o1. The summed E-state index contributed by atoms with van der Waals surface area (Å²) in [7, 11) is 0. The van der Waals surface area contributed by atoms with Crippen LogP contribution < -0.4 is 16.4 Å². The fraction of sp³-hybridized carbons (Fsp3) is 0.500. The van der Waals surface area contributed by atoms with Gasteiger partial charge in [0.2, 0.25) is 11.8 Å². The van der Waals surface area contributed by atoms with Crippen LogP contribution in [0.1, 0.15) is 37.5 Å². The molecule has 1 rings (SSSR count). The van der Waals surface area contributed by atoms with Gasteiger partial charge in [-0.15, -0.1) is 0 Å². The number of hydrogen-bond donors (Lipinski definition) is 4. The molecule has 0 aliphatic rings. The highest BCUT2D eigenvalue weighted by Gasteiger charge is 2.22.